The number of piperidine rings is 2. The lowest BCUT2D eigenvalue weighted by atomic mass is 10.0. The highest BCUT2D eigenvalue weighted by molar-refractivity contribution is 5.96. The average molecular weight is 862 g/mol. The Labute approximate surface area is 362 Å². The number of ether oxygens (including phenoxy) is 2. The average Bonchev–Trinajstić information content (AvgIpc) is 3.53. The minimum Gasteiger partial charge on any atom is -0.495 e. The van der Waals surface area contributed by atoms with Crippen LogP contribution in [0.25, 0.3) is 0 Å². The lowest BCUT2D eigenvalue weighted by Crippen LogP contribution is -2.57. The van der Waals surface area contributed by atoms with Crippen LogP contribution in [0.5, 0.6) is 5.75 Å². The summed E-state index contributed by atoms with van der Waals surface area (Å²) in [6, 6.07) is 11.2. The number of aromatic nitrogens is 2. The Morgan fingerprint density at radius 3 is 2.40 bits per heavy atom. The highest BCUT2D eigenvalue weighted by Crippen LogP contribution is 2.46. The lowest BCUT2D eigenvalue weighted by Gasteiger charge is -2.43. The SMILES string of the molecule is CCc1nc(C(N)=O)c(Nc2ccc(N3CCC(N4CCN(CC(O)Nc5cccc6c5C(O)N(C5CCC(O)NC5O)C6O)CC4)CC3)c(OC)c2)nc1NC1CCOCC1. The summed E-state index contributed by atoms with van der Waals surface area (Å²) in [5.74, 6) is 0.973. The molecule has 5 aliphatic rings. The number of methoxy groups -OCH3 is 1. The van der Waals surface area contributed by atoms with Crippen LogP contribution in [-0.4, -0.2) is 159 Å². The van der Waals surface area contributed by atoms with E-state index in [1.165, 1.54) is 4.90 Å². The molecule has 338 valence electrons. The highest BCUT2D eigenvalue weighted by Gasteiger charge is 2.46. The predicted molar refractivity (Wildman–Crippen MR) is 233 cm³/mol. The standard InChI is InChI=1S/C43H63N11O8/c1-3-29-39(45-25-13-21-62-22-14-25)50-40(37(48-29)38(44)57)46-26-7-8-31(33(23-26)61-2)53-15-11-27(12-16-53)52-19-17-51(18-20-52)24-35(56)47-30-6-4-5-28-36(30)43(60)54(42(28)59)32-9-10-34(55)49-41(32)58/h4-8,23,25,27,32,34-35,41-43,47,49,55-56,58-60H,3,9-22,24H2,1-2H3,(H2,44,57)(H2,45,46,50). The van der Waals surface area contributed by atoms with Crippen LogP contribution >= 0.6 is 0 Å². The van der Waals surface area contributed by atoms with E-state index >= 15 is 0 Å². The minimum atomic E-state index is -1.21. The normalized spacial score (nSPS) is 26.2. The number of fused-ring (bicyclic) bond motifs is 1. The summed E-state index contributed by atoms with van der Waals surface area (Å²) in [4.78, 5) is 30.5. The van der Waals surface area contributed by atoms with E-state index in [-0.39, 0.29) is 17.6 Å². The fourth-order valence-corrected chi connectivity index (χ4v) is 9.75. The van der Waals surface area contributed by atoms with Gasteiger partial charge in [-0.05, 0) is 63.1 Å². The van der Waals surface area contributed by atoms with Crippen molar-refractivity contribution < 1.29 is 39.8 Å². The third-order valence-corrected chi connectivity index (χ3v) is 13.1. The number of piperazine rings is 1. The summed E-state index contributed by atoms with van der Waals surface area (Å²) >= 11 is 0. The van der Waals surface area contributed by atoms with Crippen molar-refractivity contribution in [1.82, 2.24) is 30.0 Å². The Bertz CT molecular complexity index is 2010. The Kier molecular flexibility index (Phi) is 13.9. The van der Waals surface area contributed by atoms with Gasteiger partial charge in [0.1, 0.15) is 36.9 Å². The molecule has 0 bridgehead atoms. The second-order valence-corrected chi connectivity index (χ2v) is 17.0. The molecule has 2 aromatic carbocycles. The minimum absolute atomic E-state index is 0.0847. The first kappa shape index (κ1) is 44.2. The van der Waals surface area contributed by atoms with E-state index in [2.05, 4.69) is 41.0 Å². The van der Waals surface area contributed by atoms with Gasteiger partial charge in [-0.2, -0.15) is 0 Å². The Hall–Kier alpha value is -4.41. The zero-order valence-corrected chi connectivity index (χ0v) is 35.6. The maximum atomic E-state index is 12.5. The Morgan fingerprint density at radius 1 is 0.952 bits per heavy atom. The van der Waals surface area contributed by atoms with Crippen LogP contribution in [0.15, 0.2) is 36.4 Å². The summed E-state index contributed by atoms with van der Waals surface area (Å²) < 4.78 is 11.4. The summed E-state index contributed by atoms with van der Waals surface area (Å²) in [6.45, 7) is 8.84. The van der Waals surface area contributed by atoms with Crippen molar-refractivity contribution in [1.29, 1.82) is 0 Å². The van der Waals surface area contributed by atoms with Crippen molar-refractivity contribution in [2.75, 3.05) is 87.0 Å². The van der Waals surface area contributed by atoms with E-state index in [0.717, 1.165) is 70.6 Å². The van der Waals surface area contributed by atoms with Crippen molar-refractivity contribution in [3.8, 4) is 5.75 Å². The molecule has 8 rings (SSSR count). The number of benzene rings is 2. The van der Waals surface area contributed by atoms with Crippen molar-refractivity contribution in [3.05, 3.63) is 58.9 Å². The number of β-amino-alcohol motifs (C(OH)–C–C–N with tert-alkyl or cyclic N) is 1. The van der Waals surface area contributed by atoms with Crippen LogP contribution in [0, 0.1) is 0 Å². The summed E-state index contributed by atoms with van der Waals surface area (Å²) in [5.41, 5.74) is 9.74. The molecule has 11 N–H and O–H groups in total. The molecular formula is C43H63N11O8. The maximum absolute atomic E-state index is 12.5. The van der Waals surface area contributed by atoms with Crippen LogP contribution in [0.3, 0.4) is 0 Å². The largest absolute Gasteiger partial charge is 0.495 e. The van der Waals surface area contributed by atoms with Crippen molar-refractivity contribution >= 4 is 34.6 Å². The third-order valence-electron chi connectivity index (χ3n) is 13.1. The number of nitrogens with zero attached hydrogens (tertiary/aromatic N) is 6. The second kappa shape index (κ2) is 19.5. The van der Waals surface area contributed by atoms with Crippen LogP contribution in [-0.2, 0) is 11.2 Å². The van der Waals surface area contributed by atoms with Crippen molar-refractivity contribution in [2.45, 2.75) is 101 Å². The molecule has 0 aliphatic carbocycles. The molecule has 6 unspecified atom stereocenters. The van der Waals surface area contributed by atoms with Gasteiger partial charge in [0, 0.05) is 99.7 Å². The zero-order chi connectivity index (χ0) is 43.5. The van der Waals surface area contributed by atoms with Gasteiger partial charge < -0.3 is 61.6 Å². The van der Waals surface area contributed by atoms with E-state index in [1.807, 2.05) is 25.1 Å². The van der Waals surface area contributed by atoms with Gasteiger partial charge in [-0.25, -0.2) is 14.9 Å². The van der Waals surface area contributed by atoms with E-state index in [4.69, 9.17) is 20.2 Å². The van der Waals surface area contributed by atoms with Gasteiger partial charge >= 0.3 is 0 Å². The van der Waals surface area contributed by atoms with Crippen LogP contribution < -0.4 is 36.6 Å². The number of amides is 1. The number of aliphatic hydroxyl groups excluding tert-OH is 5. The van der Waals surface area contributed by atoms with Gasteiger partial charge in [0.25, 0.3) is 5.91 Å². The van der Waals surface area contributed by atoms with E-state index < -0.39 is 43.1 Å². The zero-order valence-electron chi connectivity index (χ0n) is 35.6. The molecule has 19 heteroatoms. The summed E-state index contributed by atoms with van der Waals surface area (Å²) in [6.07, 6.45) is -0.169. The van der Waals surface area contributed by atoms with Crippen LogP contribution in [0.2, 0.25) is 0 Å². The number of carbonyl (C=O) groups excluding carboxylic acids is 1. The number of primary amides is 1. The van der Waals surface area contributed by atoms with Crippen molar-refractivity contribution in [3.63, 3.8) is 0 Å². The molecule has 0 saturated carbocycles. The fraction of sp³-hybridized carbons (Fsp3) is 0.605. The molecular weight excluding hydrogens is 799 g/mol. The molecule has 3 aromatic rings. The molecule has 6 heterocycles. The molecule has 62 heavy (non-hydrogen) atoms. The number of nitrogens with one attached hydrogen (secondary N) is 4. The van der Waals surface area contributed by atoms with Gasteiger partial charge in [-0.15, -0.1) is 0 Å². The van der Waals surface area contributed by atoms with Gasteiger partial charge in [0.15, 0.2) is 17.3 Å². The first-order valence-corrected chi connectivity index (χ1v) is 22.1. The fourth-order valence-electron chi connectivity index (χ4n) is 9.75. The molecule has 19 nitrogen and oxygen atoms in total. The van der Waals surface area contributed by atoms with Gasteiger partial charge in [0.2, 0.25) is 0 Å². The van der Waals surface area contributed by atoms with Crippen LogP contribution in [0.1, 0.15) is 85.2 Å². The van der Waals surface area contributed by atoms with E-state index in [0.29, 0.717) is 84.8 Å². The summed E-state index contributed by atoms with van der Waals surface area (Å²) in [5, 5.41) is 66.8. The molecule has 0 spiro atoms. The monoisotopic (exact) mass is 861 g/mol. The molecule has 4 saturated heterocycles. The number of nitrogens with two attached hydrogens (primary N) is 1. The molecule has 4 fully saturated rings. The first-order valence-electron chi connectivity index (χ1n) is 22.1. The lowest BCUT2D eigenvalue weighted by molar-refractivity contribution is -0.158. The molecule has 1 amide bonds. The second-order valence-electron chi connectivity index (χ2n) is 17.0. The van der Waals surface area contributed by atoms with Gasteiger partial charge in [-0.3, -0.25) is 19.9 Å². The summed E-state index contributed by atoms with van der Waals surface area (Å²) in [7, 11) is 1.66. The van der Waals surface area contributed by atoms with Crippen molar-refractivity contribution in [2.24, 2.45) is 5.73 Å². The molecule has 6 atom stereocenters. The number of rotatable bonds is 14. The first-order chi connectivity index (χ1) is 30.0. The molecule has 0 radical (unpaired) electrons. The van der Waals surface area contributed by atoms with E-state index in [9.17, 15) is 30.3 Å². The Morgan fingerprint density at radius 2 is 1.71 bits per heavy atom. The van der Waals surface area contributed by atoms with E-state index in [1.54, 1.807) is 25.3 Å². The number of aryl methyl sites for hydroxylation is 1. The number of carbonyl (C=O) groups is 1. The predicted octanol–water partition coefficient (Wildman–Crippen LogP) is 1.18. The smallest absolute Gasteiger partial charge is 0.271 e. The topological polar surface area (TPSA) is 250 Å². The van der Waals surface area contributed by atoms with Gasteiger partial charge in [0.05, 0.1) is 24.5 Å². The van der Waals surface area contributed by atoms with Gasteiger partial charge in [-0.1, -0.05) is 19.1 Å². The number of aliphatic hydroxyl groups is 5. The number of hydrogen-bond donors (Lipinski definition) is 10. The molecule has 1 aromatic heterocycles. The quantitative estimate of drug-likeness (QED) is 0.102. The number of hydrogen-bond acceptors (Lipinski definition) is 18. The number of anilines is 5. The Balaban J connectivity index is 0.829. The third kappa shape index (κ3) is 9.57. The maximum Gasteiger partial charge on any atom is 0.271 e. The van der Waals surface area contributed by atoms with Crippen LogP contribution in [0.4, 0.5) is 28.7 Å². The molecule has 5 aliphatic heterocycles. The highest BCUT2D eigenvalue weighted by atomic mass is 16.5.